The second-order valence-corrected chi connectivity index (χ2v) is 8.26. The third-order valence-corrected chi connectivity index (χ3v) is 7.01. The molecular formula is C23H18N3S+. The Morgan fingerprint density at radius 1 is 1.04 bits per heavy atom. The van der Waals surface area contributed by atoms with Crippen LogP contribution in [-0.4, -0.2) is 9.97 Å². The van der Waals surface area contributed by atoms with Crippen molar-refractivity contribution in [2.45, 2.75) is 25.8 Å². The molecule has 1 unspecified atom stereocenters. The first kappa shape index (κ1) is 15.2. The standard InChI is InChI=1S/C23H18N3S/c1-2-14-13-26-19(12-25-18-7-5-11-24-23(18)26)21-15(14)9-10-17-16-6-3-4-8-20(16)27-22(17)21/h3-12,14H,2,13H2,1H3/q+1. The Bertz CT molecular complexity index is 1350. The summed E-state index contributed by atoms with van der Waals surface area (Å²) in [6, 6.07) is 17.4. The number of thiophene rings is 1. The zero-order chi connectivity index (χ0) is 18.0. The smallest absolute Gasteiger partial charge is 0.244 e. The van der Waals surface area contributed by atoms with Gasteiger partial charge in [-0.3, -0.25) is 0 Å². The lowest BCUT2D eigenvalue weighted by molar-refractivity contribution is -0.667. The van der Waals surface area contributed by atoms with Gasteiger partial charge in [-0.2, -0.15) is 0 Å². The van der Waals surface area contributed by atoms with Crippen molar-refractivity contribution >= 4 is 42.7 Å². The Morgan fingerprint density at radius 2 is 1.96 bits per heavy atom. The van der Waals surface area contributed by atoms with Crippen LogP contribution in [0, 0.1) is 0 Å². The molecule has 0 bridgehead atoms. The van der Waals surface area contributed by atoms with Gasteiger partial charge in [0.2, 0.25) is 0 Å². The number of hydrogen-bond donors (Lipinski definition) is 0. The van der Waals surface area contributed by atoms with Crippen molar-refractivity contribution < 1.29 is 4.57 Å². The first-order chi connectivity index (χ1) is 13.3. The fraction of sp³-hybridized carbons (Fsp3) is 0.174. The molecule has 130 valence electrons. The number of pyridine rings is 1. The maximum atomic E-state index is 4.73. The molecule has 4 heterocycles. The van der Waals surface area contributed by atoms with E-state index in [1.807, 2.05) is 35.9 Å². The zero-order valence-corrected chi connectivity index (χ0v) is 15.8. The molecule has 1 aliphatic heterocycles. The predicted molar refractivity (Wildman–Crippen MR) is 111 cm³/mol. The lowest BCUT2D eigenvalue weighted by Gasteiger charge is -2.25. The molecule has 0 amide bonds. The van der Waals surface area contributed by atoms with Gasteiger partial charge >= 0.3 is 5.65 Å². The van der Waals surface area contributed by atoms with Gasteiger partial charge < -0.3 is 0 Å². The minimum atomic E-state index is 0.500. The van der Waals surface area contributed by atoms with Crippen molar-refractivity contribution in [3.8, 4) is 11.3 Å². The molecule has 0 saturated carbocycles. The van der Waals surface area contributed by atoms with Crippen LogP contribution in [0.25, 0.3) is 42.6 Å². The maximum Gasteiger partial charge on any atom is 0.349 e. The Labute approximate surface area is 160 Å². The fourth-order valence-electron chi connectivity index (χ4n) is 4.47. The largest absolute Gasteiger partial charge is 0.349 e. The van der Waals surface area contributed by atoms with Crippen LogP contribution in [0.4, 0.5) is 0 Å². The lowest BCUT2D eigenvalue weighted by atomic mass is 9.86. The summed E-state index contributed by atoms with van der Waals surface area (Å²) in [6.07, 6.45) is 5.03. The van der Waals surface area contributed by atoms with Crippen molar-refractivity contribution in [3.05, 3.63) is 66.5 Å². The first-order valence-electron chi connectivity index (χ1n) is 9.43. The Hall–Kier alpha value is -2.85. The van der Waals surface area contributed by atoms with Crippen LogP contribution in [0.2, 0.25) is 0 Å². The van der Waals surface area contributed by atoms with Crippen LogP contribution in [0.5, 0.6) is 0 Å². The molecule has 27 heavy (non-hydrogen) atoms. The predicted octanol–water partition coefficient (Wildman–Crippen LogP) is 5.46. The summed E-state index contributed by atoms with van der Waals surface area (Å²) in [4.78, 5) is 9.39. The summed E-state index contributed by atoms with van der Waals surface area (Å²) in [5.41, 5.74) is 5.94. The highest BCUT2D eigenvalue weighted by Crippen LogP contribution is 2.45. The van der Waals surface area contributed by atoms with Gasteiger partial charge in [0.1, 0.15) is 6.20 Å². The normalized spacial score (nSPS) is 16.0. The van der Waals surface area contributed by atoms with Crippen LogP contribution < -0.4 is 4.57 Å². The second kappa shape index (κ2) is 5.57. The van der Waals surface area contributed by atoms with E-state index in [1.165, 1.54) is 37.0 Å². The van der Waals surface area contributed by atoms with Crippen LogP contribution in [0.15, 0.2) is 60.9 Å². The summed E-state index contributed by atoms with van der Waals surface area (Å²) in [5, 5.41) is 2.69. The van der Waals surface area contributed by atoms with Gasteiger partial charge in [0.05, 0.1) is 12.7 Å². The summed E-state index contributed by atoms with van der Waals surface area (Å²) < 4.78 is 5.10. The van der Waals surface area contributed by atoms with Crippen LogP contribution in [0.3, 0.4) is 0 Å². The summed E-state index contributed by atoms with van der Waals surface area (Å²) >= 11 is 1.90. The molecular weight excluding hydrogens is 350 g/mol. The minimum Gasteiger partial charge on any atom is -0.244 e. The molecule has 5 aromatic rings. The van der Waals surface area contributed by atoms with E-state index in [2.05, 4.69) is 52.9 Å². The molecule has 0 radical (unpaired) electrons. The quantitative estimate of drug-likeness (QED) is 0.368. The van der Waals surface area contributed by atoms with E-state index < -0.39 is 0 Å². The monoisotopic (exact) mass is 368 g/mol. The van der Waals surface area contributed by atoms with Gasteiger partial charge in [-0.1, -0.05) is 37.3 Å². The van der Waals surface area contributed by atoms with E-state index in [1.54, 1.807) is 0 Å². The third kappa shape index (κ3) is 2.05. The highest BCUT2D eigenvalue weighted by molar-refractivity contribution is 7.26. The van der Waals surface area contributed by atoms with Gasteiger partial charge in [-0.05, 0) is 35.2 Å². The summed E-state index contributed by atoms with van der Waals surface area (Å²) in [6.45, 7) is 3.25. The zero-order valence-electron chi connectivity index (χ0n) is 15.0. The molecule has 6 rings (SSSR count). The van der Waals surface area contributed by atoms with Gasteiger partial charge in [0, 0.05) is 31.7 Å². The van der Waals surface area contributed by atoms with Gasteiger partial charge in [-0.25, -0.2) is 9.55 Å². The van der Waals surface area contributed by atoms with Crippen molar-refractivity contribution in [3.63, 3.8) is 0 Å². The molecule has 1 aliphatic rings. The van der Waals surface area contributed by atoms with Crippen LogP contribution >= 0.6 is 11.3 Å². The van der Waals surface area contributed by atoms with Crippen molar-refractivity contribution in [2.24, 2.45) is 0 Å². The van der Waals surface area contributed by atoms with E-state index >= 15 is 0 Å². The van der Waals surface area contributed by atoms with Crippen LogP contribution in [-0.2, 0) is 6.54 Å². The molecule has 0 fully saturated rings. The Kier molecular flexibility index (Phi) is 3.14. The average Bonchev–Trinajstić information content (AvgIpc) is 3.11. The second-order valence-electron chi connectivity index (χ2n) is 7.21. The number of nitrogens with zero attached hydrogens (tertiary/aromatic N) is 3. The topological polar surface area (TPSA) is 29.7 Å². The molecule has 4 heteroatoms. The third-order valence-electron chi connectivity index (χ3n) is 5.81. The SMILES string of the molecule is CCC1C[n+]2c(cnc3cccnc32)-c2c1ccc1c2sc2ccccc21. The molecule has 1 atom stereocenters. The Balaban J connectivity index is 1.78. The van der Waals surface area contributed by atoms with E-state index in [4.69, 9.17) is 4.98 Å². The van der Waals surface area contributed by atoms with Crippen LogP contribution in [0.1, 0.15) is 24.8 Å². The molecule has 3 nitrogen and oxygen atoms in total. The molecule has 0 spiro atoms. The number of rotatable bonds is 1. The van der Waals surface area contributed by atoms with E-state index in [0.717, 1.165) is 24.1 Å². The molecule has 0 N–H and O–H groups in total. The molecule has 0 aliphatic carbocycles. The lowest BCUT2D eigenvalue weighted by Crippen LogP contribution is -2.43. The molecule has 3 aromatic heterocycles. The summed E-state index contributed by atoms with van der Waals surface area (Å²) in [7, 11) is 0. The van der Waals surface area contributed by atoms with E-state index in [-0.39, 0.29) is 0 Å². The number of hydrogen-bond acceptors (Lipinski definition) is 3. The van der Waals surface area contributed by atoms with E-state index in [0.29, 0.717) is 5.92 Å². The first-order valence-corrected chi connectivity index (χ1v) is 10.2. The number of aromatic nitrogens is 3. The van der Waals surface area contributed by atoms with Gasteiger partial charge in [-0.15, -0.1) is 11.3 Å². The Morgan fingerprint density at radius 3 is 2.89 bits per heavy atom. The van der Waals surface area contributed by atoms with E-state index in [9.17, 15) is 0 Å². The highest BCUT2D eigenvalue weighted by atomic mass is 32.1. The summed E-state index contributed by atoms with van der Waals surface area (Å²) in [5.74, 6) is 0.500. The van der Waals surface area contributed by atoms with Crippen molar-refractivity contribution in [1.82, 2.24) is 9.97 Å². The van der Waals surface area contributed by atoms with Gasteiger partial charge in [0.15, 0.2) is 11.2 Å². The number of fused-ring (bicyclic) bond motifs is 9. The fourth-order valence-corrected chi connectivity index (χ4v) is 5.74. The van der Waals surface area contributed by atoms with Crippen molar-refractivity contribution in [1.29, 1.82) is 0 Å². The minimum absolute atomic E-state index is 0.500. The molecule has 2 aromatic carbocycles. The van der Waals surface area contributed by atoms with Crippen molar-refractivity contribution in [2.75, 3.05) is 0 Å². The number of benzene rings is 2. The highest BCUT2D eigenvalue weighted by Gasteiger charge is 2.32. The van der Waals surface area contributed by atoms with Gasteiger partial charge in [0.25, 0.3) is 0 Å². The molecule has 0 saturated heterocycles. The maximum absolute atomic E-state index is 4.73. The average molecular weight is 368 g/mol.